The highest BCUT2D eigenvalue weighted by molar-refractivity contribution is 9.10. The van der Waals surface area contributed by atoms with Crippen LogP contribution in [0.4, 0.5) is 4.39 Å². The normalized spacial score (nSPS) is 18.5. The number of benzene rings is 1. The number of nitrogens with zero attached hydrogens (tertiary/aromatic N) is 2. The second kappa shape index (κ2) is 8.44. The number of aryl methyl sites for hydroxylation is 1. The van der Waals surface area contributed by atoms with Crippen LogP contribution in [0.5, 0.6) is 0 Å². The molecular weight excluding hydrogens is 454 g/mol. The minimum Gasteiger partial charge on any atom is -0.462 e. The third kappa shape index (κ3) is 4.63. The summed E-state index contributed by atoms with van der Waals surface area (Å²) in [7, 11) is -0.680. The van der Waals surface area contributed by atoms with Crippen LogP contribution >= 0.6 is 15.9 Å². The Balaban J connectivity index is 1.70. The van der Waals surface area contributed by atoms with E-state index in [0.717, 1.165) is 4.60 Å². The first-order valence-corrected chi connectivity index (χ1v) is 10.7. The fraction of sp³-hybridized carbons (Fsp3) is 0.524. The van der Waals surface area contributed by atoms with Crippen LogP contribution in [0.1, 0.15) is 63.0 Å². The van der Waals surface area contributed by atoms with E-state index < -0.39 is 30.1 Å². The number of carbonyl (C=O) groups excluding carboxylic acids is 1. The van der Waals surface area contributed by atoms with Crippen LogP contribution in [-0.2, 0) is 14.0 Å². The van der Waals surface area contributed by atoms with Crippen molar-refractivity contribution in [1.82, 2.24) is 9.78 Å². The monoisotopic (exact) mass is 480 g/mol. The van der Waals surface area contributed by atoms with Crippen LogP contribution in [0.2, 0.25) is 0 Å². The third-order valence-corrected chi connectivity index (χ3v) is 6.30. The molecule has 2 aromatic rings. The molecule has 9 heteroatoms. The molecule has 1 aliphatic rings. The predicted molar refractivity (Wildman–Crippen MR) is 116 cm³/mol. The maximum atomic E-state index is 14.5. The van der Waals surface area contributed by atoms with Gasteiger partial charge in [0.25, 0.3) is 0 Å². The van der Waals surface area contributed by atoms with Crippen molar-refractivity contribution in [3.63, 3.8) is 0 Å². The lowest BCUT2D eigenvalue weighted by Gasteiger charge is -2.32. The van der Waals surface area contributed by atoms with E-state index in [1.165, 1.54) is 12.1 Å². The Hall–Kier alpha value is -1.71. The van der Waals surface area contributed by atoms with E-state index in [2.05, 4.69) is 21.0 Å². The molecule has 0 N–H and O–H groups in total. The average Bonchev–Trinajstić information content (AvgIpc) is 3.15. The zero-order valence-corrected chi connectivity index (χ0v) is 19.7. The van der Waals surface area contributed by atoms with Gasteiger partial charge in [-0.25, -0.2) is 9.18 Å². The molecule has 1 atom stereocenters. The van der Waals surface area contributed by atoms with E-state index in [0.29, 0.717) is 17.4 Å². The van der Waals surface area contributed by atoms with Crippen LogP contribution < -0.4 is 5.46 Å². The molecule has 0 spiro atoms. The number of hydrogen-bond acceptors (Lipinski definition) is 5. The van der Waals surface area contributed by atoms with Gasteiger partial charge in [0.1, 0.15) is 10.4 Å². The molecule has 1 aliphatic heterocycles. The van der Waals surface area contributed by atoms with Crippen LogP contribution in [-0.4, -0.2) is 40.7 Å². The van der Waals surface area contributed by atoms with Gasteiger partial charge in [0.15, 0.2) is 0 Å². The molecule has 0 radical (unpaired) electrons. The SMILES string of the molecule is Cc1cc(F)c(C(=O)OCCC(C)n2ccc(Br)n2)cc1B1OC(C)(C)C(C)(C)O1. The van der Waals surface area contributed by atoms with Gasteiger partial charge in [-0.3, -0.25) is 4.68 Å². The maximum absolute atomic E-state index is 14.5. The van der Waals surface area contributed by atoms with Crippen molar-refractivity contribution < 1.29 is 23.2 Å². The minimum atomic E-state index is -0.709. The molecule has 3 rings (SSSR count). The second-order valence-electron chi connectivity index (χ2n) is 8.67. The van der Waals surface area contributed by atoms with E-state index in [9.17, 15) is 9.18 Å². The second-order valence-corrected chi connectivity index (χ2v) is 9.48. The summed E-state index contributed by atoms with van der Waals surface area (Å²) in [5.74, 6) is -1.33. The highest BCUT2D eigenvalue weighted by Gasteiger charge is 2.52. The van der Waals surface area contributed by atoms with E-state index >= 15 is 0 Å². The van der Waals surface area contributed by atoms with Crippen LogP contribution in [0, 0.1) is 12.7 Å². The predicted octanol–water partition coefficient (Wildman–Crippen LogP) is 4.20. The van der Waals surface area contributed by atoms with Crippen molar-refractivity contribution in [3.8, 4) is 0 Å². The summed E-state index contributed by atoms with van der Waals surface area (Å²) in [5.41, 5.74) is 0.0881. The molecule has 1 aromatic carbocycles. The van der Waals surface area contributed by atoms with Crippen LogP contribution in [0.3, 0.4) is 0 Å². The third-order valence-electron chi connectivity index (χ3n) is 5.88. The van der Waals surface area contributed by atoms with Gasteiger partial charge in [-0.05, 0) is 86.7 Å². The average molecular weight is 481 g/mol. The van der Waals surface area contributed by atoms with Crippen molar-refractivity contribution in [2.24, 2.45) is 0 Å². The fourth-order valence-corrected chi connectivity index (χ4v) is 3.46. The molecule has 0 bridgehead atoms. The van der Waals surface area contributed by atoms with E-state index in [1.807, 2.05) is 46.9 Å². The molecule has 1 fully saturated rings. The topological polar surface area (TPSA) is 62.6 Å². The zero-order valence-electron chi connectivity index (χ0n) is 18.2. The summed E-state index contributed by atoms with van der Waals surface area (Å²) in [6.45, 7) is 11.7. The molecule has 6 nitrogen and oxygen atoms in total. The molecule has 1 aromatic heterocycles. The summed E-state index contributed by atoms with van der Waals surface area (Å²) in [5, 5.41) is 4.27. The van der Waals surface area contributed by atoms with Crippen molar-refractivity contribution in [2.75, 3.05) is 6.61 Å². The summed E-state index contributed by atoms with van der Waals surface area (Å²) in [4.78, 5) is 12.5. The van der Waals surface area contributed by atoms with E-state index in [1.54, 1.807) is 11.6 Å². The Bertz CT molecular complexity index is 931. The van der Waals surface area contributed by atoms with Gasteiger partial charge in [0.05, 0.1) is 29.4 Å². The smallest absolute Gasteiger partial charge is 0.462 e. The first kappa shape index (κ1) is 23.0. The molecule has 0 aliphatic carbocycles. The molecule has 1 unspecified atom stereocenters. The highest BCUT2D eigenvalue weighted by Crippen LogP contribution is 2.36. The fourth-order valence-electron chi connectivity index (χ4n) is 3.16. The Labute approximate surface area is 185 Å². The van der Waals surface area contributed by atoms with Gasteiger partial charge >= 0.3 is 13.1 Å². The lowest BCUT2D eigenvalue weighted by molar-refractivity contribution is 0.00578. The van der Waals surface area contributed by atoms with Gasteiger partial charge in [-0.15, -0.1) is 0 Å². The molecule has 0 saturated carbocycles. The Morgan fingerprint density at radius 1 is 1.30 bits per heavy atom. The van der Waals surface area contributed by atoms with Crippen molar-refractivity contribution in [3.05, 3.63) is 45.9 Å². The first-order valence-electron chi connectivity index (χ1n) is 9.95. The molecule has 162 valence electrons. The van der Waals surface area contributed by atoms with Gasteiger partial charge in [-0.2, -0.15) is 5.10 Å². The first-order chi connectivity index (χ1) is 13.9. The Morgan fingerprint density at radius 2 is 1.93 bits per heavy atom. The number of carbonyl (C=O) groups is 1. The number of aromatic nitrogens is 2. The highest BCUT2D eigenvalue weighted by atomic mass is 79.9. The summed E-state index contributed by atoms with van der Waals surface area (Å²) in [6, 6.07) is 4.66. The maximum Gasteiger partial charge on any atom is 0.495 e. The largest absolute Gasteiger partial charge is 0.495 e. The number of halogens is 2. The lowest BCUT2D eigenvalue weighted by atomic mass is 9.75. The van der Waals surface area contributed by atoms with Crippen molar-refractivity contribution in [1.29, 1.82) is 0 Å². The summed E-state index contributed by atoms with van der Waals surface area (Å²) >= 11 is 3.31. The van der Waals surface area contributed by atoms with Gasteiger partial charge in [0, 0.05) is 12.6 Å². The molecular formula is C21H27BBrFN2O4. The Kier molecular flexibility index (Phi) is 6.46. The van der Waals surface area contributed by atoms with Crippen LogP contribution in [0.25, 0.3) is 0 Å². The lowest BCUT2D eigenvalue weighted by Crippen LogP contribution is -2.41. The molecule has 0 amide bonds. The number of rotatable bonds is 6. The van der Waals surface area contributed by atoms with E-state index in [-0.39, 0.29) is 18.2 Å². The molecule has 1 saturated heterocycles. The number of hydrogen-bond donors (Lipinski definition) is 0. The van der Waals surface area contributed by atoms with Gasteiger partial charge in [-0.1, -0.05) is 0 Å². The summed E-state index contributed by atoms with van der Waals surface area (Å²) < 4.78 is 34.5. The number of ether oxygens (including phenoxy) is 1. The van der Waals surface area contributed by atoms with E-state index in [4.69, 9.17) is 14.0 Å². The summed E-state index contributed by atoms with van der Waals surface area (Å²) in [6.07, 6.45) is 2.39. The van der Waals surface area contributed by atoms with Crippen molar-refractivity contribution >= 4 is 34.5 Å². The Morgan fingerprint density at radius 3 is 2.50 bits per heavy atom. The quantitative estimate of drug-likeness (QED) is 0.458. The molecule has 2 heterocycles. The van der Waals surface area contributed by atoms with Gasteiger partial charge in [0.2, 0.25) is 0 Å². The van der Waals surface area contributed by atoms with Gasteiger partial charge < -0.3 is 14.0 Å². The molecule has 30 heavy (non-hydrogen) atoms. The van der Waals surface area contributed by atoms with Crippen LogP contribution in [0.15, 0.2) is 29.0 Å². The standard InChI is InChI=1S/C21H27BBrFN2O4/c1-13-11-17(24)15(12-16(13)22-29-20(3,4)21(5,6)30-22)19(27)28-10-8-14(2)26-9-7-18(23)25-26/h7,9,11-12,14H,8,10H2,1-6H3. The zero-order chi connectivity index (χ0) is 22.3. The minimum absolute atomic E-state index is 0.0345. The number of esters is 1. The van der Waals surface area contributed by atoms with Crippen molar-refractivity contribution in [2.45, 2.75) is 65.2 Å².